The molecule has 0 unspecified atom stereocenters. The summed E-state index contributed by atoms with van der Waals surface area (Å²) in [6, 6.07) is 18.8. The van der Waals surface area contributed by atoms with Gasteiger partial charge in [0.25, 0.3) is 0 Å². The Kier molecular flexibility index (Phi) is 5.57. The number of benzene rings is 3. The second-order valence-corrected chi connectivity index (χ2v) is 6.49. The lowest BCUT2D eigenvalue weighted by Gasteiger charge is -2.09. The Bertz CT molecular complexity index is 1100. The number of hydrogen-bond donors (Lipinski definition) is 0. The van der Waals surface area contributed by atoms with E-state index in [0.717, 1.165) is 22.8 Å². The average molecular weight is 374 g/mol. The van der Waals surface area contributed by atoms with Crippen molar-refractivity contribution in [3.05, 3.63) is 106 Å². The highest BCUT2D eigenvalue weighted by atomic mass is 19.4. The van der Waals surface area contributed by atoms with E-state index >= 15 is 0 Å². The lowest BCUT2D eigenvalue weighted by molar-refractivity contribution is -0.137. The summed E-state index contributed by atoms with van der Waals surface area (Å²) in [4.78, 5) is 0. The minimum Gasteiger partial charge on any atom is -0.166 e. The predicted molar refractivity (Wildman–Crippen MR) is 106 cm³/mol. The summed E-state index contributed by atoms with van der Waals surface area (Å²) in [5.74, 6) is 11.1. The molecule has 3 aromatic rings. The number of hydrogen-bond acceptors (Lipinski definition) is 0. The molecule has 3 aromatic carbocycles. The van der Waals surface area contributed by atoms with Gasteiger partial charge >= 0.3 is 6.18 Å². The Hall–Kier alpha value is -3.43. The van der Waals surface area contributed by atoms with Crippen molar-refractivity contribution < 1.29 is 13.2 Å². The third-order valence-corrected chi connectivity index (χ3v) is 4.12. The largest absolute Gasteiger partial charge is 0.417 e. The van der Waals surface area contributed by atoms with Crippen molar-refractivity contribution in [1.29, 1.82) is 0 Å². The molecule has 3 rings (SSSR count). The van der Waals surface area contributed by atoms with Crippen LogP contribution in [0, 0.1) is 37.5 Å². The van der Waals surface area contributed by atoms with Gasteiger partial charge in [-0.1, -0.05) is 59.1 Å². The number of aryl methyl sites for hydroxylation is 2. The SMILES string of the molecule is Cc1ccc(C#Cc2ccc(C#Cc3ccc(C)cc3)c(C(F)(F)F)c2)cc1. The van der Waals surface area contributed by atoms with E-state index in [4.69, 9.17) is 0 Å². The maximum atomic E-state index is 13.5. The van der Waals surface area contributed by atoms with Crippen molar-refractivity contribution in [2.75, 3.05) is 0 Å². The van der Waals surface area contributed by atoms with Gasteiger partial charge in [0.05, 0.1) is 5.56 Å². The zero-order chi connectivity index (χ0) is 20.1. The molecule has 0 fully saturated rings. The summed E-state index contributed by atoms with van der Waals surface area (Å²) in [5.41, 5.74) is 3.05. The molecular weight excluding hydrogens is 357 g/mol. The Morgan fingerprint density at radius 3 is 1.50 bits per heavy atom. The van der Waals surface area contributed by atoms with Crippen molar-refractivity contribution in [1.82, 2.24) is 0 Å². The van der Waals surface area contributed by atoms with Gasteiger partial charge in [-0.05, 0) is 56.3 Å². The summed E-state index contributed by atoms with van der Waals surface area (Å²) >= 11 is 0. The first-order valence-corrected chi connectivity index (χ1v) is 8.70. The Morgan fingerprint density at radius 2 is 1.00 bits per heavy atom. The lowest BCUT2D eigenvalue weighted by atomic mass is 10.0. The minimum atomic E-state index is -4.50. The van der Waals surface area contributed by atoms with Crippen molar-refractivity contribution in [2.24, 2.45) is 0 Å². The first-order valence-electron chi connectivity index (χ1n) is 8.70. The maximum Gasteiger partial charge on any atom is 0.417 e. The molecule has 0 N–H and O–H groups in total. The molecule has 0 atom stereocenters. The quantitative estimate of drug-likeness (QED) is 0.416. The molecule has 0 saturated carbocycles. The van der Waals surface area contributed by atoms with E-state index in [1.807, 2.05) is 50.2 Å². The molecule has 0 aliphatic rings. The van der Waals surface area contributed by atoms with Crippen molar-refractivity contribution in [3.63, 3.8) is 0 Å². The molecule has 0 saturated heterocycles. The van der Waals surface area contributed by atoms with Gasteiger partial charge in [0, 0.05) is 22.3 Å². The summed E-state index contributed by atoms with van der Waals surface area (Å²) in [6.07, 6.45) is -4.50. The van der Waals surface area contributed by atoms with Crippen molar-refractivity contribution >= 4 is 0 Å². The molecule has 3 heteroatoms. The Balaban J connectivity index is 1.95. The zero-order valence-electron chi connectivity index (χ0n) is 15.5. The lowest BCUT2D eigenvalue weighted by Crippen LogP contribution is -2.08. The first kappa shape index (κ1) is 19.3. The summed E-state index contributed by atoms with van der Waals surface area (Å²) in [7, 11) is 0. The smallest absolute Gasteiger partial charge is 0.166 e. The highest BCUT2D eigenvalue weighted by molar-refractivity contribution is 5.52. The van der Waals surface area contributed by atoms with Gasteiger partial charge in [-0.15, -0.1) is 0 Å². The highest BCUT2D eigenvalue weighted by Gasteiger charge is 2.33. The fourth-order valence-corrected chi connectivity index (χ4v) is 2.52. The van der Waals surface area contributed by atoms with E-state index < -0.39 is 11.7 Å². The van der Waals surface area contributed by atoms with E-state index in [1.165, 1.54) is 6.07 Å². The number of halogens is 3. The highest BCUT2D eigenvalue weighted by Crippen LogP contribution is 2.32. The number of alkyl halides is 3. The monoisotopic (exact) mass is 374 g/mol. The van der Waals surface area contributed by atoms with Gasteiger partial charge in [0.1, 0.15) is 0 Å². The van der Waals surface area contributed by atoms with Crippen LogP contribution in [0.1, 0.15) is 38.9 Å². The fourth-order valence-electron chi connectivity index (χ4n) is 2.52. The van der Waals surface area contributed by atoms with E-state index in [-0.39, 0.29) is 5.56 Å². The molecule has 0 nitrogen and oxygen atoms in total. The molecule has 0 bridgehead atoms. The van der Waals surface area contributed by atoms with Crippen LogP contribution in [0.15, 0.2) is 66.7 Å². The van der Waals surface area contributed by atoms with Crippen LogP contribution in [0.2, 0.25) is 0 Å². The summed E-state index contributed by atoms with van der Waals surface area (Å²) < 4.78 is 40.5. The van der Waals surface area contributed by atoms with Crippen LogP contribution in [0.3, 0.4) is 0 Å². The molecule has 0 radical (unpaired) electrons. The molecular formula is C25H17F3. The van der Waals surface area contributed by atoms with E-state index in [9.17, 15) is 13.2 Å². The predicted octanol–water partition coefficient (Wildman–Crippen LogP) is 6.12. The number of rotatable bonds is 0. The van der Waals surface area contributed by atoms with Crippen LogP contribution in [0.5, 0.6) is 0 Å². The molecule has 0 spiro atoms. The first-order chi connectivity index (χ1) is 13.3. The third kappa shape index (κ3) is 5.06. The zero-order valence-corrected chi connectivity index (χ0v) is 15.5. The minimum absolute atomic E-state index is 0.0611. The Labute approximate surface area is 163 Å². The molecule has 0 aliphatic carbocycles. The van der Waals surface area contributed by atoms with Crippen LogP contribution < -0.4 is 0 Å². The van der Waals surface area contributed by atoms with Gasteiger partial charge < -0.3 is 0 Å². The molecule has 28 heavy (non-hydrogen) atoms. The van der Waals surface area contributed by atoms with Crippen LogP contribution in [0.4, 0.5) is 13.2 Å². The average Bonchev–Trinajstić information content (AvgIpc) is 2.67. The van der Waals surface area contributed by atoms with Gasteiger partial charge in [-0.3, -0.25) is 0 Å². The molecule has 138 valence electrons. The van der Waals surface area contributed by atoms with Crippen LogP contribution >= 0.6 is 0 Å². The van der Waals surface area contributed by atoms with E-state index in [2.05, 4.69) is 23.7 Å². The second-order valence-electron chi connectivity index (χ2n) is 6.49. The van der Waals surface area contributed by atoms with Crippen molar-refractivity contribution in [3.8, 4) is 23.7 Å². The Morgan fingerprint density at radius 1 is 0.571 bits per heavy atom. The van der Waals surface area contributed by atoms with Gasteiger partial charge in [-0.2, -0.15) is 13.2 Å². The van der Waals surface area contributed by atoms with Crippen LogP contribution in [-0.4, -0.2) is 0 Å². The maximum absolute atomic E-state index is 13.5. The van der Waals surface area contributed by atoms with Gasteiger partial charge in [0.15, 0.2) is 0 Å². The normalized spacial score (nSPS) is 10.5. The van der Waals surface area contributed by atoms with Gasteiger partial charge in [-0.25, -0.2) is 0 Å². The van der Waals surface area contributed by atoms with Crippen molar-refractivity contribution in [2.45, 2.75) is 20.0 Å². The standard InChI is InChI=1S/C25H17F3/c1-18-3-7-20(8-4-18)11-12-22-14-16-23(24(17-22)25(26,27)28)15-13-21-9-5-19(2)6-10-21/h3-10,14,16-17H,1-2H3. The molecule has 0 amide bonds. The van der Waals surface area contributed by atoms with Crippen LogP contribution in [0.25, 0.3) is 0 Å². The summed E-state index contributed by atoms with van der Waals surface area (Å²) in [5, 5.41) is 0. The molecule has 0 aromatic heterocycles. The summed E-state index contributed by atoms with van der Waals surface area (Å²) in [6.45, 7) is 3.90. The molecule has 0 heterocycles. The fraction of sp³-hybridized carbons (Fsp3) is 0.120. The van der Waals surface area contributed by atoms with E-state index in [0.29, 0.717) is 11.1 Å². The topological polar surface area (TPSA) is 0 Å². The van der Waals surface area contributed by atoms with Gasteiger partial charge in [0.2, 0.25) is 0 Å². The van der Waals surface area contributed by atoms with Crippen LogP contribution in [-0.2, 0) is 6.18 Å². The van der Waals surface area contributed by atoms with E-state index in [1.54, 1.807) is 18.2 Å². The third-order valence-electron chi connectivity index (χ3n) is 4.12. The second kappa shape index (κ2) is 8.07. The molecule has 0 aliphatic heterocycles.